The second-order valence-electron chi connectivity index (χ2n) is 4.48. The number of nitrogens with one attached hydrogen (secondary N) is 1. The molecule has 2 rings (SSSR count). The highest BCUT2D eigenvalue weighted by molar-refractivity contribution is 9.10. The Morgan fingerprint density at radius 2 is 2.05 bits per heavy atom. The standard InChI is InChI=1S/C14H18BrN3O/c1-3-13-11(9-18(2)17-13)8-16-7-10-5-4-6-12(15)14(10)19/h4-6,9,16,19H,3,7-8H2,1-2H3. The number of aromatic nitrogens is 2. The molecule has 1 aromatic heterocycles. The van der Waals surface area contributed by atoms with Crippen LogP contribution in [0.5, 0.6) is 5.75 Å². The van der Waals surface area contributed by atoms with E-state index in [2.05, 4.69) is 33.3 Å². The van der Waals surface area contributed by atoms with E-state index < -0.39 is 0 Å². The summed E-state index contributed by atoms with van der Waals surface area (Å²) in [5, 5.41) is 17.6. The van der Waals surface area contributed by atoms with Gasteiger partial charge in [-0.2, -0.15) is 5.10 Å². The van der Waals surface area contributed by atoms with E-state index in [0.717, 1.165) is 28.7 Å². The lowest BCUT2D eigenvalue weighted by Gasteiger charge is -2.07. The molecule has 0 aliphatic heterocycles. The van der Waals surface area contributed by atoms with Crippen LogP contribution in [0.3, 0.4) is 0 Å². The average Bonchev–Trinajstić information content (AvgIpc) is 2.75. The van der Waals surface area contributed by atoms with E-state index in [1.54, 1.807) is 0 Å². The van der Waals surface area contributed by atoms with E-state index in [0.29, 0.717) is 12.3 Å². The Kier molecular flexibility index (Phi) is 4.61. The fourth-order valence-electron chi connectivity index (χ4n) is 2.06. The molecule has 0 saturated carbocycles. The molecule has 4 nitrogen and oxygen atoms in total. The largest absolute Gasteiger partial charge is 0.506 e. The van der Waals surface area contributed by atoms with Crippen LogP contribution in [0, 0.1) is 0 Å². The van der Waals surface area contributed by atoms with E-state index >= 15 is 0 Å². The molecule has 0 atom stereocenters. The highest BCUT2D eigenvalue weighted by atomic mass is 79.9. The van der Waals surface area contributed by atoms with Gasteiger partial charge in [-0.3, -0.25) is 4.68 Å². The van der Waals surface area contributed by atoms with Crippen molar-refractivity contribution in [2.24, 2.45) is 7.05 Å². The fraction of sp³-hybridized carbons (Fsp3) is 0.357. The number of hydrogen-bond acceptors (Lipinski definition) is 3. The Balaban J connectivity index is 1.98. The molecule has 0 bridgehead atoms. The van der Waals surface area contributed by atoms with Crippen LogP contribution in [0.15, 0.2) is 28.9 Å². The van der Waals surface area contributed by atoms with Crippen molar-refractivity contribution in [3.8, 4) is 5.75 Å². The molecule has 2 N–H and O–H groups in total. The molecule has 1 aromatic carbocycles. The van der Waals surface area contributed by atoms with Crippen molar-refractivity contribution in [3.63, 3.8) is 0 Å². The number of phenols is 1. The first-order chi connectivity index (χ1) is 9.11. The van der Waals surface area contributed by atoms with Crippen LogP contribution in [-0.4, -0.2) is 14.9 Å². The average molecular weight is 324 g/mol. The van der Waals surface area contributed by atoms with Gasteiger partial charge in [0.2, 0.25) is 0 Å². The minimum Gasteiger partial charge on any atom is -0.506 e. The van der Waals surface area contributed by atoms with Gasteiger partial charge in [0.15, 0.2) is 0 Å². The number of benzene rings is 1. The van der Waals surface area contributed by atoms with E-state index in [1.807, 2.05) is 36.1 Å². The molecule has 2 aromatic rings. The number of halogens is 1. The van der Waals surface area contributed by atoms with Gasteiger partial charge in [0.25, 0.3) is 0 Å². The molecule has 0 aliphatic carbocycles. The first-order valence-corrected chi connectivity index (χ1v) is 7.09. The summed E-state index contributed by atoms with van der Waals surface area (Å²) in [6.45, 7) is 3.48. The number of aryl methyl sites for hydroxylation is 2. The lowest BCUT2D eigenvalue weighted by Crippen LogP contribution is -2.13. The number of aromatic hydroxyl groups is 1. The maximum absolute atomic E-state index is 9.90. The quantitative estimate of drug-likeness (QED) is 0.889. The van der Waals surface area contributed by atoms with Crippen LogP contribution in [0.25, 0.3) is 0 Å². The first kappa shape index (κ1) is 14.1. The Morgan fingerprint density at radius 3 is 2.79 bits per heavy atom. The minimum atomic E-state index is 0.303. The Morgan fingerprint density at radius 1 is 1.32 bits per heavy atom. The van der Waals surface area contributed by atoms with Gasteiger partial charge in [-0.05, 0) is 28.4 Å². The van der Waals surface area contributed by atoms with Crippen LogP contribution in [0.2, 0.25) is 0 Å². The van der Waals surface area contributed by atoms with E-state index in [1.165, 1.54) is 5.56 Å². The highest BCUT2D eigenvalue weighted by Crippen LogP contribution is 2.27. The molecule has 5 heteroatoms. The van der Waals surface area contributed by atoms with Crippen molar-refractivity contribution in [3.05, 3.63) is 45.7 Å². The zero-order chi connectivity index (χ0) is 13.8. The van der Waals surface area contributed by atoms with E-state index in [-0.39, 0.29) is 0 Å². The van der Waals surface area contributed by atoms with Crippen LogP contribution in [0.1, 0.15) is 23.7 Å². The van der Waals surface area contributed by atoms with Crippen molar-refractivity contribution in [1.29, 1.82) is 0 Å². The Labute approximate surface area is 121 Å². The van der Waals surface area contributed by atoms with Gasteiger partial charge in [-0.25, -0.2) is 0 Å². The van der Waals surface area contributed by atoms with Gasteiger partial charge in [0, 0.05) is 37.5 Å². The molecule has 0 amide bonds. The zero-order valence-corrected chi connectivity index (χ0v) is 12.7. The predicted molar refractivity (Wildman–Crippen MR) is 78.9 cm³/mol. The number of rotatable bonds is 5. The first-order valence-electron chi connectivity index (χ1n) is 6.30. The fourth-order valence-corrected chi connectivity index (χ4v) is 2.47. The van der Waals surface area contributed by atoms with Crippen LogP contribution in [-0.2, 0) is 26.6 Å². The van der Waals surface area contributed by atoms with Crippen molar-refractivity contribution in [1.82, 2.24) is 15.1 Å². The smallest absolute Gasteiger partial charge is 0.134 e. The number of para-hydroxylation sites is 1. The van der Waals surface area contributed by atoms with E-state index in [9.17, 15) is 5.11 Å². The SMILES string of the molecule is CCc1nn(C)cc1CNCc1cccc(Br)c1O. The monoisotopic (exact) mass is 323 g/mol. The molecule has 0 aliphatic rings. The molecule has 1 heterocycles. The maximum atomic E-state index is 9.90. The predicted octanol–water partition coefficient (Wildman–Crippen LogP) is 2.74. The third kappa shape index (κ3) is 3.36. The molecular weight excluding hydrogens is 306 g/mol. The third-order valence-electron chi connectivity index (χ3n) is 3.03. The molecule has 0 radical (unpaired) electrons. The van der Waals surface area contributed by atoms with Crippen LogP contribution in [0.4, 0.5) is 0 Å². The second-order valence-corrected chi connectivity index (χ2v) is 5.33. The van der Waals surface area contributed by atoms with Gasteiger partial charge >= 0.3 is 0 Å². The minimum absolute atomic E-state index is 0.303. The van der Waals surface area contributed by atoms with Gasteiger partial charge in [0.1, 0.15) is 5.75 Å². The van der Waals surface area contributed by atoms with Gasteiger partial charge in [-0.1, -0.05) is 19.1 Å². The topological polar surface area (TPSA) is 50.1 Å². The Bertz CT molecular complexity index is 566. The summed E-state index contributed by atoms with van der Waals surface area (Å²) in [5.74, 6) is 0.303. The number of nitrogens with zero attached hydrogens (tertiary/aromatic N) is 2. The molecule has 19 heavy (non-hydrogen) atoms. The molecular formula is C14H18BrN3O. The van der Waals surface area contributed by atoms with Gasteiger partial charge in [-0.15, -0.1) is 0 Å². The molecule has 0 saturated heterocycles. The summed E-state index contributed by atoms with van der Waals surface area (Å²) in [5.41, 5.74) is 3.21. The zero-order valence-electron chi connectivity index (χ0n) is 11.2. The van der Waals surface area contributed by atoms with Gasteiger partial charge < -0.3 is 10.4 Å². The summed E-state index contributed by atoms with van der Waals surface area (Å²) in [6.07, 6.45) is 2.96. The van der Waals surface area contributed by atoms with Crippen LogP contribution < -0.4 is 5.32 Å². The van der Waals surface area contributed by atoms with Crippen molar-refractivity contribution in [2.75, 3.05) is 0 Å². The van der Waals surface area contributed by atoms with Gasteiger partial charge in [0.05, 0.1) is 10.2 Å². The van der Waals surface area contributed by atoms with Crippen molar-refractivity contribution in [2.45, 2.75) is 26.4 Å². The van der Waals surface area contributed by atoms with E-state index in [4.69, 9.17) is 0 Å². The lowest BCUT2D eigenvalue weighted by molar-refractivity contribution is 0.461. The number of phenolic OH excluding ortho intramolecular Hbond substituents is 1. The Hall–Kier alpha value is -1.33. The summed E-state index contributed by atoms with van der Waals surface area (Å²) < 4.78 is 2.56. The lowest BCUT2D eigenvalue weighted by atomic mass is 10.2. The number of hydrogen-bond donors (Lipinski definition) is 2. The molecule has 102 valence electrons. The summed E-state index contributed by atoms with van der Waals surface area (Å²) in [6, 6.07) is 5.66. The highest BCUT2D eigenvalue weighted by Gasteiger charge is 2.07. The second kappa shape index (κ2) is 6.21. The van der Waals surface area contributed by atoms with Crippen molar-refractivity contribution >= 4 is 15.9 Å². The normalized spacial score (nSPS) is 10.9. The molecule has 0 spiro atoms. The third-order valence-corrected chi connectivity index (χ3v) is 3.67. The molecule has 0 fully saturated rings. The summed E-state index contributed by atoms with van der Waals surface area (Å²) in [7, 11) is 1.93. The maximum Gasteiger partial charge on any atom is 0.134 e. The molecule has 0 unspecified atom stereocenters. The van der Waals surface area contributed by atoms with Crippen LogP contribution >= 0.6 is 15.9 Å². The summed E-state index contributed by atoms with van der Waals surface area (Å²) >= 11 is 3.32. The summed E-state index contributed by atoms with van der Waals surface area (Å²) in [4.78, 5) is 0. The van der Waals surface area contributed by atoms with Crippen molar-refractivity contribution < 1.29 is 5.11 Å².